The number of carbonyl (C=O) groups is 2. The van der Waals surface area contributed by atoms with Crippen LogP contribution in [-0.2, 0) is 9.59 Å². The fraction of sp³-hybridized carbons (Fsp3) is 0.400. The van der Waals surface area contributed by atoms with E-state index in [2.05, 4.69) is 5.32 Å². The third-order valence-corrected chi connectivity index (χ3v) is 2.57. The molecule has 0 saturated carbocycles. The van der Waals surface area contributed by atoms with Gasteiger partial charge >= 0.3 is 0 Å². The molecule has 5 nitrogen and oxygen atoms in total. The van der Waals surface area contributed by atoms with Gasteiger partial charge in [-0.15, -0.1) is 0 Å². The second kappa shape index (κ2) is 3.76. The van der Waals surface area contributed by atoms with E-state index in [1.165, 1.54) is 0 Å². The lowest BCUT2D eigenvalue weighted by Crippen LogP contribution is -2.32. The summed E-state index contributed by atoms with van der Waals surface area (Å²) in [6.07, 6.45) is 4.73. The molecule has 15 heavy (non-hydrogen) atoms. The molecule has 0 aromatic heterocycles. The molecule has 1 saturated heterocycles. The van der Waals surface area contributed by atoms with Gasteiger partial charge in [-0.05, 0) is 12.5 Å². The molecule has 2 aliphatic rings. The van der Waals surface area contributed by atoms with E-state index in [1.54, 1.807) is 17.2 Å². The topological polar surface area (TPSA) is 75.4 Å². The molecule has 80 valence electrons. The van der Waals surface area contributed by atoms with Crippen LogP contribution in [0.5, 0.6) is 0 Å². The average Bonchev–Trinajstić information content (AvgIpc) is 2.64. The van der Waals surface area contributed by atoms with E-state index in [-0.39, 0.29) is 5.91 Å². The number of rotatable bonds is 2. The monoisotopic (exact) mass is 207 g/mol. The number of nitrogens with two attached hydrogens (primary N) is 1. The zero-order chi connectivity index (χ0) is 10.8. The number of hydrogen-bond donors (Lipinski definition) is 2. The molecule has 0 aromatic carbocycles. The Morgan fingerprint density at radius 1 is 1.53 bits per heavy atom. The third kappa shape index (κ3) is 1.86. The van der Waals surface area contributed by atoms with Crippen molar-refractivity contribution in [2.24, 2.45) is 5.73 Å². The van der Waals surface area contributed by atoms with Gasteiger partial charge in [0.1, 0.15) is 0 Å². The lowest BCUT2D eigenvalue weighted by Gasteiger charge is -2.22. The van der Waals surface area contributed by atoms with Crippen LogP contribution in [0, 0.1) is 0 Å². The van der Waals surface area contributed by atoms with Crippen LogP contribution in [0.2, 0.25) is 0 Å². The Kier molecular flexibility index (Phi) is 2.45. The summed E-state index contributed by atoms with van der Waals surface area (Å²) in [5.41, 5.74) is 6.41. The summed E-state index contributed by atoms with van der Waals surface area (Å²) >= 11 is 0. The summed E-state index contributed by atoms with van der Waals surface area (Å²) in [5, 5.41) is 2.94. The first-order valence-electron chi connectivity index (χ1n) is 4.93. The van der Waals surface area contributed by atoms with E-state index >= 15 is 0 Å². The van der Waals surface area contributed by atoms with Gasteiger partial charge < -0.3 is 16.0 Å². The van der Waals surface area contributed by atoms with Gasteiger partial charge in [-0.25, -0.2) is 0 Å². The number of amides is 2. The van der Waals surface area contributed by atoms with E-state index in [1.807, 2.05) is 0 Å². The van der Waals surface area contributed by atoms with Gasteiger partial charge in [-0.1, -0.05) is 0 Å². The second-order valence-corrected chi connectivity index (χ2v) is 3.63. The molecule has 0 unspecified atom stereocenters. The van der Waals surface area contributed by atoms with Crippen LogP contribution in [0.15, 0.2) is 23.5 Å². The molecule has 0 atom stereocenters. The molecule has 3 N–H and O–H groups in total. The highest BCUT2D eigenvalue weighted by atomic mass is 16.2. The Morgan fingerprint density at radius 2 is 2.33 bits per heavy atom. The fourth-order valence-corrected chi connectivity index (χ4v) is 1.81. The van der Waals surface area contributed by atoms with Crippen LogP contribution in [0.3, 0.4) is 0 Å². The van der Waals surface area contributed by atoms with Crippen molar-refractivity contribution in [2.75, 3.05) is 13.1 Å². The van der Waals surface area contributed by atoms with E-state index < -0.39 is 5.91 Å². The van der Waals surface area contributed by atoms with Crippen LogP contribution in [0.4, 0.5) is 0 Å². The minimum absolute atomic E-state index is 0.119. The lowest BCUT2D eigenvalue weighted by atomic mass is 10.1. The summed E-state index contributed by atoms with van der Waals surface area (Å²) in [6.45, 7) is 1.31. The Balaban J connectivity index is 2.19. The first kappa shape index (κ1) is 9.76. The molecular formula is C10H13N3O2. The predicted octanol–water partition coefficient (Wildman–Crippen LogP) is -0.535. The number of hydrogen-bond acceptors (Lipinski definition) is 3. The zero-order valence-electron chi connectivity index (χ0n) is 8.32. The highest BCUT2D eigenvalue weighted by Crippen LogP contribution is 2.18. The molecular weight excluding hydrogens is 194 g/mol. The minimum atomic E-state index is -0.480. The molecule has 0 bridgehead atoms. The quantitative estimate of drug-likeness (QED) is 0.639. The molecule has 2 aliphatic heterocycles. The van der Waals surface area contributed by atoms with Crippen molar-refractivity contribution >= 4 is 11.8 Å². The highest BCUT2D eigenvalue weighted by Gasteiger charge is 2.24. The van der Waals surface area contributed by atoms with Crippen molar-refractivity contribution in [3.63, 3.8) is 0 Å². The standard InChI is InChI=1S/C10H13N3O2/c11-10(15)7-4-8(6-12-5-7)13-3-1-2-9(13)14/h4-5,12H,1-3,6H2,(H2,11,15). The maximum Gasteiger partial charge on any atom is 0.250 e. The van der Waals surface area contributed by atoms with Crippen molar-refractivity contribution in [2.45, 2.75) is 12.8 Å². The molecule has 2 rings (SSSR count). The summed E-state index contributed by atoms with van der Waals surface area (Å²) in [6, 6.07) is 0. The van der Waals surface area contributed by atoms with Crippen molar-refractivity contribution in [3.05, 3.63) is 23.5 Å². The summed E-state index contributed by atoms with van der Waals surface area (Å²) < 4.78 is 0. The van der Waals surface area contributed by atoms with Crippen LogP contribution < -0.4 is 11.1 Å². The fourth-order valence-electron chi connectivity index (χ4n) is 1.81. The van der Waals surface area contributed by atoms with E-state index in [0.717, 1.165) is 18.7 Å². The molecule has 2 heterocycles. The Bertz CT molecular complexity index is 371. The van der Waals surface area contributed by atoms with Crippen molar-refractivity contribution in [1.82, 2.24) is 10.2 Å². The van der Waals surface area contributed by atoms with Crippen molar-refractivity contribution < 1.29 is 9.59 Å². The van der Waals surface area contributed by atoms with Gasteiger partial charge in [-0.3, -0.25) is 9.59 Å². The largest absolute Gasteiger partial charge is 0.385 e. The van der Waals surface area contributed by atoms with E-state index in [4.69, 9.17) is 5.73 Å². The number of likely N-dealkylation sites (tertiary alicyclic amines) is 1. The zero-order valence-corrected chi connectivity index (χ0v) is 8.32. The highest BCUT2D eigenvalue weighted by molar-refractivity contribution is 5.95. The van der Waals surface area contributed by atoms with Crippen LogP contribution in [0.1, 0.15) is 12.8 Å². The minimum Gasteiger partial charge on any atom is -0.385 e. The summed E-state index contributed by atoms with van der Waals surface area (Å²) in [7, 11) is 0. The van der Waals surface area contributed by atoms with Gasteiger partial charge in [0.05, 0.1) is 12.1 Å². The molecule has 2 amide bonds. The predicted molar refractivity (Wildman–Crippen MR) is 54.3 cm³/mol. The maximum atomic E-state index is 11.5. The summed E-state index contributed by atoms with van der Waals surface area (Å²) in [5.74, 6) is -0.361. The molecule has 0 radical (unpaired) electrons. The van der Waals surface area contributed by atoms with Crippen LogP contribution >= 0.6 is 0 Å². The normalized spacial score (nSPS) is 20.8. The molecule has 0 spiro atoms. The summed E-state index contributed by atoms with van der Waals surface area (Å²) in [4.78, 5) is 24.1. The van der Waals surface area contributed by atoms with Crippen molar-refractivity contribution in [1.29, 1.82) is 0 Å². The second-order valence-electron chi connectivity index (χ2n) is 3.63. The number of primary amides is 1. The van der Waals surface area contributed by atoms with Crippen LogP contribution in [0.25, 0.3) is 0 Å². The molecule has 0 aliphatic carbocycles. The maximum absolute atomic E-state index is 11.5. The van der Waals surface area contributed by atoms with Gasteiger partial charge in [0.2, 0.25) is 11.8 Å². The first-order valence-corrected chi connectivity index (χ1v) is 4.93. The number of dihydropyridines is 1. The van der Waals surface area contributed by atoms with Gasteiger partial charge in [0, 0.05) is 24.9 Å². The average molecular weight is 207 g/mol. The Morgan fingerprint density at radius 3 is 2.93 bits per heavy atom. The first-order chi connectivity index (χ1) is 7.18. The van der Waals surface area contributed by atoms with Gasteiger partial charge in [-0.2, -0.15) is 0 Å². The molecule has 0 aromatic rings. The van der Waals surface area contributed by atoms with Gasteiger partial charge in [0.25, 0.3) is 0 Å². The van der Waals surface area contributed by atoms with E-state index in [0.29, 0.717) is 18.5 Å². The lowest BCUT2D eigenvalue weighted by molar-refractivity contribution is -0.126. The smallest absolute Gasteiger partial charge is 0.250 e. The van der Waals surface area contributed by atoms with Crippen LogP contribution in [-0.4, -0.2) is 29.8 Å². The Hall–Kier alpha value is -1.78. The number of nitrogens with zero attached hydrogens (tertiary/aromatic N) is 1. The molecule has 5 heteroatoms. The van der Waals surface area contributed by atoms with Gasteiger partial charge in [0.15, 0.2) is 0 Å². The Labute approximate surface area is 87.6 Å². The van der Waals surface area contributed by atoms with Crippen molar-refractivity contribution in [3.8, 4) is 0 Å². The third-order valence-electron chi connectivity index (χ3n) is 2.57. The van der Waals surface area contributed by atoms with E-state index in [9.17, 15) is 9.59 Å². The molecule has 1 fully saturated rings. The number of nitrogens with one attached hydrogen (secondary N) is 1. The number of carbonyl (C=O) groups excluding carboxylic acids is 2. The SMILES string of the molecule is NC(=O)C1=CNCC(N2CCCC2=O)=C1.